The van der Waals surface area contributed by atoms with Gasteiger partial charge in [0.2, 0.25) is 0 Å². The molecule has 1 nitrogen and oxygen atoms in total. The Hall–Kier alpha value is -1.24. The van der Waals surface area contributed by atoms with Crippen LogP contribution in [0.1, 0.15) is 320 Å². The fraction of sp³-hybridized carbons (Fsp3) is 0.857. The van der Waals surface area contributed by atoms with E-state index in [1.165, 1.54) is 307 Å². The zero-order valence-corrected chi connectivity index (χ0v) is 39.5. The lowest BCUT2D eigenvalue weighted by Crippen LogP contribution is -1.84. The van der Waals surface area contributed by atoms with Gasteiger partial charge in [0.25, 0.3) is 0 Å². The van der Waals surface area contributed by atoms with Crippen LogP contribution in [-0.4, -0.2) is 4.98 Å². The second-order valence-corrected chi connectivity index (χ2v) is 18.6. The molecule has 1 heteroatoms. The minimum absolute atomic E-state index is 1.21. The van der Waals surface area contributed by atoms with Crippen LogP contribution in [0.25, 0.3) is 12.2 Å². The minimum Gasteiger partial charge on any atom is -0.361 e. The second kappa shape index (κ2) is 47.4. The number of aromatic amines is 1. The SMILES string of the molecule is CCCCCCCCCCCCCCCCCCCCCCCCC=Cc1cc[nH]c1C=CCCCCCCCCCCCCCCCCCCCCCCCC. The molecule has 0 radical (unpaired) electrons. The van der Waals surface area contributed by atoms with Crippen LogP contribution in [0.4, 0.5) is 0 Å². The molecule has 1 N–H and O–H groups in total. The maximum Gasteiger partial charge on any atom is 0.0450 e. The number of hydrogen-bond donors (Lipinski definition) is 1. The van der Waals surface area contributed by atoms with Crippen LogP contribution >= 0.6 is 0 Å². The summed E-state index contributed by atoms with van der Waals surface area (Å²) in [6.45, 7) is 4.62. The predicted molar refractivity (Wildman–Crippen MR) is 263 cm³/mol. The van der Waals surface area contributed by atoms with E-state index < -0.39 is 0 Å². The summed E-state index contributed by atoms with van der Waals surface area (Å²) < 4.78 is 0. The molecule has 57 heavy (non-hydrogen) atoms. The molecule has 0 aromatic carbocycles. The largest absolute Gasteiger partial charge is 0.361 e. The van der Waals surface area contributed by atoms with Gasteiger partial charge in [0, 0.05) is 11.9 Å². The molecular formula is C56H105N. The first-order chi connectivity index (χ1) is 28.4. The number of rotatable bonds is 48. The van der Waals surface area contributed by atoms with Gasteiger partial charge in [-0.3, -0.25) is 0 Å². The molecule has 0 saturated carbocycles. The molecule has 0 fully saturated rings. The van der Waals surface area contributed by atoms with Gasteiger partial charge in [-0.25, -0.2) is 0 Å². The summed E-state index contributed by atoms with van der Waals surface area (Å²) in [5, 5.41) is 0. The van der Waals surface area contributed by atoms with Crippen LogP contribution in [0.5, 0.6) is 0 Å². The lowest BCUT2D eigenvalue weighted by Gasteiger charge is -2.04. The van der Waals surface area contributed by atoms with Gasteiger partial charge in [-0.15, -0.1) is 0 Å². The van der Waals surface area contributed by atoms with Gasteiger partial charge in [0.15, 0.2) is 0 Å². The minimum atomic E-state index is 1.21. The van der Waals surface area contributed by atoms with Gasteiger partial charge >= 0.3 is 0 Å². The molecule has 1 aromatic heterocycles. The van der Waals surface area contributed by atoms with E-state index in [1.807, 2.05) is 0 Å². The summed E-state index contributed by atoms with van der Waals surface area (Å²) in [5.41, 5.74) is 2.62. The average molecular weight is 792 g/mol. The molecule has 334 valence electrons. The summed E-state index contributed by atoms with van der Waals surface area (Å²) in [6.07, 6.45) is 77.9. The topological polar surface area (TPSA) is 15.8 Å². The van der Waals surface area contributed by atoms with E-state index in [9.17, 15) is 0 Å². The number of unbranched alkanes of at least 4 members (excludes halogenated alkanes) is 44. The molecule has 0 atom stereocenters. The Balaban J connectivity index is 1.80. The fourth-order valence-electron chi connectivity index (χ4n) is 8.84. The van der Waals surface area contributed by atoms with Crippen LogP contribution in [0.2, 0.25) is 0 Å². The Kier molecular flexibility index (Phi) is 44.8. The van der Waals surface area contributed by atoms with Crippen molar-refractivity contribution in [1.82, 2.24) is 4.98 Å². The van der Waals surface area contributed by atoms with Gasteiger partial charge in [0.1, 0.15) is 0 Å². The number of H-pyrrole nitrogens is 1. The van der Waals surface area contributed by atoms with Crippen molar-refractivity contribution >= 4 is 12.2 Å². The van der Waals surface area contributed by atoms with Crippen LogP contribution in [0.3, 0.4) is 0 Å². The van der Waals surface area contributed by atoms with Gasteiger partial charge in [-0.05, 0) is 43.4 Å². The lowest BCUT2D eigenvalue weighted by molar-refractivity contribution is 0.519. The van der Waals surface area contributed by atoms with E-state index in [0.717, 1.165) is 0 Å². The number of nitrogens with one attached hydrogen (secondary N) is 1. The van der Waals surface area contributed by atoms with Crippen LogP contribution in [-0.2, 0) is 0 Å². The second-order valence-electron chi connectivity index (χ2n) is 18.6. The van der Waals surface area contributed by atoms with Crippen molar-refractivity contribution in [2.45, 2.75) is 309 Å². The molecule has 0 amide bonds. The van der Waals surface area contributed by atoms with Crippen molar-refractivity contribution in [2.24, 2.45) is 0 Å². The fourth-order valence-corrected chi connectivity index (χ4v) is 8.84. The van der Waals surface area contributed by atoms with E-state index in [4.69, 9.17) is 0 Å². The molecule has 0 aliphatic rings. The molecule has 0 aliphatic carbocycles. The van der Waals surface area contributed by atoms with E-state index in [0.29, 0.717) is 0 Å². The summed E-state index contributed by atoms with van der Waals surface area (Å²) in [7, 11) is 0. The molecule has 1 heterocycles. The molecule has 0 spiro atoms. The lowest BCUT2D eigenvalue weighted by atomic mass is 10.0. The molecule has 0 aliphatic heterocycles. The van der Waals surface area contributed by atoms with Crippen LogP contribution in [0, 0.1) is 0 Å². The maximum absolute atomic E-state index is 3.45. The Morgan fingerprint density at radius 1 is 0.298 bits per heavy atom. The van der Waals surface area contributed by atoms with Crippen LogP contribution in [0.15, 0.2) is 24.4 Å². The monoisotopic (exact) mass is 792 g/mol. The highest BCUT2D eigenvalue weighted by Gasteiger charge is 1.99. The Labute approximate surface area is 360 Å². The van der Waals surface area contributed by atoms with E-state index in [-0.39, 0.29) is 0 Å². The van der Waals surface area contributed by atoms with Crippen molar-refractivity contribution in [3.8, 4) is 0 Å². The van der Waals surface area contributed by atoms with E-state index in [2.05, 4.69) is 55.4 Å². The Morgan fingerprint density at radius 2 is 0.526 bits per heavy atom. The average Bonchev–Trinajstić information content (AvgIpc) is 3.68. The Morgan fingerprint density at radius 3 is 0.789 bits per heavy atom. The third-order valence-electron chi connectivity index (χ3n) is 12.8. The standard InChI is InChI=1S/C56H105N/c1-3-5-7-9-11-13-15-17-19-21-23-25-27-29-31-33-35-37-39-41-43-45-47-49-51-55-53-54-57-56(55)52-50-48-46-44-42-40-38-36-34-32-30-28-26-24-22-20-18-16-14-12-10-8-6-4-2/h49-54,57H,3-48H2,1-2H3. The molecule has 1 aromatic rings. The van der Waals surface area contributed by atoms with Gasteiger partial charge in [-0.1, -0.05) is 302 Å². The summed E-state index contributed by atoms with van der Waals surface area (Å²) >= 11 is 0. The summed E-state index contributed by atoms with van der Waals surface area (Å²) in [5.74, 6) is 0. The Bertz CT molecular complexity index is 849. The number of hydrogen-bond acceptors (Lipinski definition) is 0. The highest BCUT2D eigenvalue weighted by molar-refractivity contribution is 5.62. The van der Waals surface area contributed by atoms with Crippen molar-refractivity contribution in [3.05, 3.63) is 35.7 Å². The summed E-state index contributed by atoms with van der Waals surface area (Å²) in [6, 6.07) is 2.23. The van der Waals surface area contributed by atoms with Gasteiger partial charge < -0.3 is 4.98 Å². The zero-order chi connectivity index (χ0) is 40.6. The third kappa shape index (κ3) is 41.3. The number of allylic oxidation sites excluding steroid dienone is 2. The normalized spacial score (nSPS) is 12.0. The van der Waals surface area contributed by atoms with Gasteiger partial charge in [-0.2, -0.15) is 0 Å². The van der Waals surface area contributed by atoms with Crippen LogP contribution < -0.4 is 0 Å². The summed E-state index contributed by atoms with van der Waals surface area (Å²) in [4.78, 5) is 3.45. The first-order valence-electron chi connectivity index (χ1n) is 26.9. The van der Waals surface area contributed by atoms with Crippen molar-refractivity contribution < 1.29 is 0 Å². The predicted octanol–water partition coefficient (Wildman–Crippen LogP) is 21.0. The first kappa shape index (κ1) is 53.8. The van der Waals surface area contributed by atoms with Crippen molar-refractivity contribution in [3.63, 3.8) is 0 Å². The first-order valence-corrected chi connectivity index (χ1v) is 26.9. The van der Waals surface area contributed by atoms with Crippen molar-refractivity contribution in [2.75, 3.05) is 0 Å². The smallest absolute Gasteiger partial charge is 0.0450 e. The quantitative estimate of drug-likeness (QED) is 0.0633. The van der Waals surface area contributed by atoms with Gasteiger partial charge in [0.05, 0.1) is 0 Å². The molecule has 1 rings (SSSR count). The third-order valence-corrected chi connectivity index (χ3v) is 12.8. The number of aromatic nitrogens is 1. The highest BCUT2D eigenvalue weighted by atomic mass is 14.7. The molecule has 0 bridgehead atoms. The highest BCUT2D eigenvalue weighted by Crippen LogP contribution is 2.19. The van der Waals surface area contributed by atoms with Crippen molar-refractivity contribution in [1.29, 1.82) is 0 Å². The zero-order valence-electron chi connectivity index (χ0n) is 39.5. The van der Waals surface area contributed by atoms with E-state index in [1.54, 1.807) is 0 Å². The molecular weight excluding hydrogens is 687 g/mol. The molecule has 0 unspecified atom stereocenters. The maximum atomic E-state index is 3.45. The van der Waals surface area contributed by atoms with E-state index >= 15 is 0 Å². The molecule has 0 saturated heterocycles.